The number of nitrogens with zero attached hydrogens (tertiary/aromatic N) is 4. The van der Waals surface area contributed by atoms with Crippen LogP contribution < -0.4 is 18.6 Å². The van der Waals surface area contributed by atoms with Crippen molar-refractivity contribution in [2.75, 3.05) is 13.7 Å². The van der Waals surface area contributed by atoms with E-state index in [0.717, 1.165) is 90.1 Å². The molecule has 3 heterocycles. The number of rotatable bonds is 8. The molecule has 0 fully saturated rings. The van der Waals surface area contributed by atoms with E-state index in [2.05, 4.69) is 144 Å². The second-order valence-corrected chi connectivity index (χ2v) is 12.6. The van der Waals surface area contributed by atoms with Gasteiger partial charge in [-0.3, -0.25) is 0 Å². The zero-order valence-electron chi connectivity index (χ0n) is 28.3. The lowest BCUT2D eigenvalue weighted by Gasteiger charge is -2.20. The molecule has 8 aromatic rings. The van der Waals surface area contributed by atoms with Crippen LogP contribution in [0, 0.1) is 0 Å². The molecule has 0 amide bonds. The van der Waals surface area contributed by atoms with Gasteiger partial charge in [0.1, 0.15) is 20.4 Å². The first-order chi connectivity index (χ1) is 24.1. The van der Waals surface area contributed by atoms with Crippen molar-refractivity contribution in [2.45, 2.75) is 19.8 Å². The number of benzene rings is 5. The third kappa shape index (κ3) is 5.12. The molecule has 0 radical (unpaired) electrons. The molecule has 49 heavy (non-hydrogen) atoms. The molecule has 0 atom stereocenters. The highest BCUT2D eigenvalue weighted by Gasteiger charge is 2.25. The minimum atomic E-state index is 0.692. The number of hydrogen-bond donors (Lipinski definition) is 0. The van der Waals surface area contributed by atoms with Crippen LogP contribution in [-0.4, -0.2) is 23.7 Å². The predicted molar refractivity (Wildman–Crippen MR) is 198 cm³/mol. The van der Waals surface area contributed by atoms with Gasteiger partial charge in [0.05, 0.1) is 24.5 Å². The summed E-state index contributed by atoms with van der Waals surface area (Å²) < 4.78 is 17.0. The van der Waals surface area contributed by atoms with Crippen LogP contribution >= 0.6 is 0 Å². The molecule has 8 rings (SSSR count). The maximum absolute atomic E-state index is 6.37. The van der Waals surface area contributed by atoms with Gasteiger partial charge in [-0.2, -0.15) is 9.13 Å². The molecular weight excluding hydrogens is 604 g/mol. The van der Waals surface area contributed by atoms with Crippen molar-refractivity contribution < 1.29 is 18.6 Å². The average Bonchev–Trinajstić information content (AvgIpc) is 3.14. The molecule has 5 aromatic carbocycles. The highest BCUT2D eigenvalue weighted by molar-refractivity contribution is 6.24. The van der Waals surface area contributed by atoms with Crippen molar-refractivity contribution in [3.63, 3.8) is 0 Å². The van der Waals surface area contributed by atoms with Crippen molar-refractivity contribution in [2.24, 2.45) is 14.1 Å². The van der Waals surface area contributed by atoms with Gasteiger partial charge in [0.2, 0.25) is 0 Å². The van der Waals surface area contributed by atoms with Gasteiger partial charge in [-0.1, -0.05) is 49.7 Å². The fourth-order valence-corrected chi connectivity index (χ4v) is 7.35. The Hall–Kier alpha value is -5.88. The Balaban J connectivity index is 1.52. The molecule has 0 aliphatic rings. The highest BCUT2D eigenvalue weighted by Crippen LogP contribution is 2.49. The molecule has 3 aromatic heterocycles. The summed E-state index contributed by atoms with van der Waals surface area (Å²) in [6, 6.07) is 32.8. The van der Waals surface area contributed by atoms with Gasteiger partial charge >= 0.3 is 0 Å². The van der Waals surface area contributed by atoms with Gasteiger partial charge in [0, 0.05) is 41.2 Å². The minimum absolute atomic E-state index is 0.692. The molecule has 0 spiro atoms. The summed E-state index contributed by atoms with van der Waals surface area (Å²) in [5, 5.41) is 6.88. The smallest absolute Gasteiger partial charge is 0.255 e. The van der Waals surface area contributed by atoms with Crippen molar-refractivity contribution >= 4 is 43.4 Å². The summed E-state index contributed by atoms with van der Waals surface area (Å²) in [4.78, 5) is 8.67. The number of unbranched alkanes of at least 4 members (excludes halogenated alkanes) is 1. The maximum Gasteiger partial charge on any atom is 0.255 e. The lowest BCUT2D eigenvalue weighted by atomic mass is 9.83. The first-order valence-electron chi connectivity index (χ1n) is 16.8. The van der Waals surface area contributed by atoms with E-state index in [9.17, 15) is 0 Å². The van der Waals surface area contributed by atoms with Crippen molar-refractivity contribution in [3.05, 3.63) is 122 Å². The van der Waals surface area contributed by atoms with Crippen LogP contribution in [0.15, 0.2) is 122 Å². The van der Waals surface area contributed by atoms with E-state index < -0.39 is 0 Å². The van der Waals surface area contributed by atoms with E-state index in [1.54, 1.807) is 13.4 Å². The third-order valence-electron chi connectivity index (χ3n) is 9.62. The van der Waals surface area contributed by atoms with Crippen LogP contribution in [0.4, 0.5) is 0 Å². The number of methoxy groups -OCH3 is 1. The number of hydrogen-bond acceptors (Lipinski definition) is 4. The normalized spacial score (nSPS) is 11.5. The fraction of sp³-hybridized carbons (Fsp3) is 0.163. The number of aryl methyl sites for hydroxylation is 2. The molecule has 0 N–H and O–H groups in total. The number of ether oxygens (including phenoxy) is 2. The average molecular weight is 643 g/mol. The third-order valence-corrected chi connectivity index (χ3v) is 9.62. The molecule has 0 saturated heterocycles. The van der Waals surface area contributed by atoms with Crippen LogP contribution in [0.3, 0.4) is 0 Å². The largest absolute Gasteiger partial charge is 0.490 e. The number of aromatic nitrogens is 4. The van der Waals surface area contributed by atoms with Gasteiger partial charge in [0.15, 0.2) is 23.9 Å². The van der Waals surface area contributed by atoms with E-state index in [1.165, 1.54) is 10.9 Å². The summed E-state index contributed by atoms with van der Waals surface area (Å²) in [6.07, 6.45) is 11.6. The van der Waals surface area contributed by atoms with E-state index in [0.29, 0.717) is 6.61 Å². The summed E-state index contributed by atoms with van der Waals surface area (Å²) in [5.74, 6) is 1.75. The minimum Gasteiger partial charge on any atom is -0.490 e. The zero-order chi connectivity index (χ0) is 33.5. The Bertz CT molecular complexity index is 2530. The molecule has 0 saturated carbocycles. The Labute approximate surface area is 285 Å². The second-order valence-electron chi connectivity index (χ2n) is 12.6. The van der Waals surface area contributed by atoms with Gasteiger partial charge < -0.3 is 9.47 Å². The Morgan fingerprint density at radius 2 is 1.31 bits per heavy atom. The monoisotopic (exact) mass is 642 g/mol. The Kier molecular flexibility index (Phi) is 7.84. The van der Waals surface area contributed by atoms with Gasteiger partial charge in [-0.05, 0) is 87.1 Å². The number of pyridine rings is 2. The van der Waals surface area contributed by atoms with Crippen LogP contribution in [0.25, 0.3) is 76.7 Å². The van der Waals surface area contributed by atoms with Crippen LogP contribution in [0.1, 0.15) is 19.8 Å². The molecule has 0 bridgehead atoms. The summed E-state index contributed by atoms with van der Waals surface area (Å²) in [7, 11) is 5.94. The quantitative estimate of drug-likeness (QED) is 0.0944. The first kappa shape index (κ1) is 30.5. The maximum atomic E-state index is 6.37. The van der Waals surface area contributed by atoms with Crippen molar-refractivity contribution in [1.29, 1.82) is 0 Å². The van der Waals surface area contributed by atoms with Crippen LogP contribution in [-0.2, 0) is 14.1 Å². The standard InChI is InChI=1S/C43H38N4O2/c1-5-6-23-49-38-20-19-33(35-14-10-22-47(3)42(35)38)39-31-12-7-8-13-32(31)40(36-18-15-28-11-9-21-46(2)41(28)43(36)48-4)37-24-29(16-17-34(37)39)30-25-44-27-45-26-30/h7-22,24-27H,5-6,23H2,1-4H3/q+2. The molecule has 6 heteroatoms. The summed E-state index contributed by atoms with van der Waals surface area (Å²) >= 11 is 0. The first-order valence-corrected chi connectivity index (χ1v) is 16.8. The molecular formula is C43H38N4O2+2. The molecule has 0 unspecified atom stereocenters. The predicted octanol–water partition coefficient (Wildman–Crippen LogP) is 8.93. The number of fused-ring (bicyclic) bond motifs is 4. The van der Waals surface area contributed by atoms with Crippen LogP contribution in [0.2, 0.25) is 0 Å². The highest BCUT2D eigenvalue weighted by atomic mass is 16.5. The Morgan fingerprint density at radius 3 is 2.06 bits per heavy atom. The lowest BCUT2D eigenvalue weighted by Crippen LogP contribution is -2.28. The summed E-state index contributed by atoms with van der Waals surface area (Å²) in [5.41, 5.74) is 8.67. The van der Waals surface area contributed by atoms with Crippen LogP contribution in [0.5, 0.6) is 11.5 Å². The van der Waals surface area contributed by atoms with Gasteiger partial charge in [0.25, 0.3) is 11.0 Å². The molecule has 6 nitrogen and oxygen atoms in total. The Morgan fingerprint density at radius 1 is 0.633 bits per heavy atom. The van der Waals surface area contributed by atoms with Crippen molar-refractivity contribution in [3.8, 4) is 44.9 Å². The van der Waals surface area contributed by atoms with E-state index >= 15 is 0 Å². The molecule has 0 aliphatic heterocycles. The lowest BCUT2D eigenvalue weighted by molar-refractivity contribution is -0.645. The second kappa shape index (κ2) is 12.6. The zero-order valence-corrected chi connectivity index (χ0v) is 28.3. The van der Waals surface area contributed by atoms with Gasteiger partial charge in [-0.25, -0.2) is 9.97 Å². The topological polar surface area (TPSA) is 52.0 Å². The molecule has 0 aliphatic carbocycles. The summed E-state index contributed by atoms with van der Waals surface area (Å²) in [6.45, 7) is 2.88. The van der Waals surface area contributed by atoms with E-state index in [1.807, 2.05) is 12.4 Å². The van der Waals surface area contributed by atoms with Crippen molar-refractivity contribution in [1.82, 2.24) is 9.97 Å². The SMILES string of the molecule is CCCCOc1ccc(-c2c3ccccc3c(-c3ccc4ccc[n+](C)c4c3OC)c3cc(-c4cncnc4)ccc23)c2ccc[n+](C)c12. The molecule has 240 valence electrons. The van der Waals surface area contributed by atoms with E-state index in [-0.39, 0.29) is 0 Å². The van der Waals surface area contributed by atoms with E-state index in [4.69, 9.17) is 9.47 Å². The van der Waals surface area contributed by atoms with Gasteiger partial charge in [-0.15, -0.1) is 0 Å². The fourth-order valence-electron chi connectivity index (χ4n) is 7.35.